The van der Waals surface area contributed by atoms with Crippen molar-refractivity contribution < 1.29 is 19.0 Å². The Bertz CT molecular complexity index is 1450. The van der Waals surface area contributed by atoms with Gasteiger partial charge in [0.05, 0.1) is 33.6 Å². The second kappa shape index (κ2) is 11.6. The average Bonchev–Trinajstić information content (AvgIpc) is 3.34. The Morgan fingerprint density at radius 2 is 1.70 bits per heavy atom. The molecule has 1 N–H and O–H groups in total. The van der Waals surface area contributed by atoms with E-state index in [1.165, 1.54) is 0 Å². The van der Waals surface area contributed by atoms with E-state index in [0.717, 1.165) is 11.1 Å². The Labute approximate surface area is 215 Å². The van der Waals surface area contributed by atoms with Gasteiger partial charge in [0, 0.05) is 23.0 Å². The molecule has 0 spiro atoms. The zero-order valence-corrected chi connectivity index (χ0v) is 20.8. The molecule has 0 radical (unpaired) electrons. The molecule has 0 aliphatic heterocycles. The second-order valence-corrected chi connectivity index (χ2v) is 8.04. The number of nitrogens with one attached hydrogen (secondary N) is 1. The maximum Gasteiger partial charge on any atom is 0.266 e. The summed E-state index contributed by atoms with van der Waals surface area (Å²) in [5.74, 6) is 1.27. The van der Waals surface area contributed by atoms with Crippen LogP contribution < -0.4 is 19.5 Å². The fourth-order valence-corrected chi connectivity index (χ4v) is 3.78. The zero-order chi connectivity index (χ0) is 26.2. The predicted molar refractivity (Wildman–Crippen MR) is 142 cm³/mol. The Morgan fingerprint density at radius 3 is 2.35 bits per heavy atom. The summed E-state index contributed by atoms with van der Waals surface area (Å²) in [6.07, 6.45) is 3.36. The summed E-state index contributed by atoms with van der Waals surface area (Å²) in [5.41, 5.74) is 3.52. The Balaban J connectivity index is 1.72. The molecule has 4 rings (SSSR count). The van der Waals surface area contributed by atoms with Crippen LogP contribution in [0.4, 0.5) is 5.69 Å². The standard InChI is InChI=1S/C29H26N4O4/c1-35-25-12-10-24(11-13-25)31-29(34)22(17-30)15-23-19-33(18-20-7-5-4-6-8-20)32-28(23)21-9-14-26(36-2)27(16-21)37-3/h4-16,19H,18H2,1-3H3,(H,31,34)/b22-15+. The van der Waals surface area contributed by atoms with Gasteiger partial charge in [-0.3, -0.25) is 9.48 Å². The first-order chi connectivity index (χ1) is 18.0. The van der Waals surface area contributed by atoms with E-state index in [0.29, 0.717) is 40.7 Å². The van der Waals surface area contributed by atoms with Crippen LogP contribution in [0.5, 0.6) is 17.2 Å². The largest absolute Gasteiger partial charge is 0.497 e. The number of nitrogens with zero attached hydrogens (tertiary/aromatic N) is 3. The Hall–Kier alpha value is -5.03. The minimum Gasteiger partial charge on any atom is -0.497 e. The third kappa shape index (κ3) is 5.97. The van der Waals surface area contributed by atoms with Crippen molar-refractivity contribution >= 4 is 17.7 Å². The molecular formula is C29H26N4O4. The van der Waals surface area contributed by atoms with Crippen molar-refractivity contribution in [1.29, 1.82) is 5.26 Å². The summed E-state index contributed by atoms with van der Waals surface area (Å²) in [5, 5.41) is 17.3. The Kier molecular flexibility index (Phi) is 7.86. The van der Waals surface area contributed by atoms with E-state index < -0.39 is 5.91 Å². The highest BCUT2D eigenvalue weighted by Crippen LogP contribution is 2.34. The van der Waals surface area contributed by atoms with E-state index in [-0.39, 0.29) is 5.57 Å². The molecule has 0 saturated carbocycles. The number of rotatable bonds is 9. The molecular weight excluding hydrogens is 468 g/mol. The van der Waals surface area contributed by atoms with Crippen LogP contribution in [0.15, 0.2) is 84.6 Å². The van der Waals surface area contributed by atoms with Gasteiger partial charge in [-0.05, 0) is 54.1 Å². The van der Waals surface area contributed by atoms with Gasteiger partial charge >= 0.3 is 0 Å². The second-order valence-electron chi connectivity index (χ2n) is 8.04. The van der Waals surface area contributed by atoms with Gasteiger partial charge in [0.15, 0.2) is 11.5 Å². The summed E-state index contributed by atoms with van der Waals surface area (Å²) in [4.78, 5) is 12.9. The van der Waals surface area contributed by atoms with E-state index in [1.54, 1.807) is 62.4 Å². The van der Waals surface area contributed by atoms with Crippen molar-refractivity contribution in [3.8, 4) is 34.6 Å². The predicted octanol–water partition coefficient (Wildman–Crippen LogP) is 5.17. The lowest BCUT2D eigenvalue weighted by atomic mass is 10.0. The molecule has 8 heteroatoms. The fourth-order valence-electron chi connectivity index (χ4n) is 3.78. The van der Waals surface area contributed by atoms with Crippen molar-refractivity contribution in [1.82, 2.24) is 9.78 Å². The highest BCUT2D eigenvalue weighted by Gasteiger charge is 2.17. The Morgan fingerprint density at radius 1 is 0.973 bits per heavy atom. The number of anilines is 1. The highest BCUT2D eigenvalue weighted by molar-refractivity contribution is 6.10. The molecule has 0 aliphatic carbocycles. The molecule has 1 amide bonds. The van der Waals surface area contributed by atoms with Gasteiger partial charge in [0.1, 0.15) is 17.4 Å². The SMILES string of the molecule is COc1ccc(NC(=O)/C(C#N)=C/c2cn(Cc3ccccc3)nc2-c2ccc(OC)c(OC)c2)cc1. The number of carbonyl (C=O) groups is 1. The van der Waals surface area contributed by atoms with Gasteiger partial charge in [-0.2, -0.15) is 10.4 Å². The van der Waals surface area contributed by atoms with Crippen LogP contribution in [0.2, 0.25) is 0 Å². The number of carbonyl (C=O) groups excluding carboxylic acids is 1. The van der Waals surface area contributed by atoms with Gasteiger partial charge in [-0.25, -0.2) is 0 Å². The molecule has 3 aromatic carbocycles. The van der Waals surface area contributed by atoms with E-state index >= 15 is 0 Å². The minimum atomic E-state index is -0.526. The van der Waals surface area contributed by atoms with Gasteiger partial charge in [0.25, 0.3) is 5.91 Å². The molecule has 0 bridgehead atoms. The maximum absolute atomic E-state index is 12.9. The van der Waals surface area contributed by atoms with E-state index in [9.17, 15) is 10.1 Å². The summed E-state index contributed by atoms with van der Waals surface area (Å²) in [6, 6.07) is 24.3. The van der Waals surface area contributed by atoms with Gasteiger partial charge in [-0.15, -0.1) is 0 Å². The van der Waals surface area contributed by atoms with Gasteiger partial charge < -0.3 is 19.5 Å². The maximum atomic E-state index is 12.9. The molecule has 0 unspecified atom stereocenters. The quantitative estimate of drug-likeness (QED) is 0.255. The number of ether oxygens (including phenoxy) is 3. The minimum absolute atomic E-state index is 0.0585. The fraction of sp³-hybridized carbons (Fsp3) is 0.138. The molecule has 0 atom stereocenters. The lowest BCUT2D eigenvalue weighted by molar-refractivity contribution is -0.112. The molecule has 1 heterocycles. The summed E-state index contributed by atoms with van der Waals surface area (Å²) in [7, 11) is 4.70. The van der Waals surface area contributed by atoms with Crippen LogP contribution in [-0.2, 0) is 11.3 Å². The van der Waals surface area contributed by atoms with Crippen molar-refractivity contribution in [2.45, 2.75) is 6.54 Å². The van der Waals surface area contributed by atoms with Gasteiger partial charge in [-0.1, -0.05) is 30.3 Å². The van der Waals surface area contributed by atoms with Gasteiger partial charge in [0.2, 0.25) is 0 Å². The van der Waals surface area contributed by atoms with E-state index in [2.05, 4.69) is 5.32 Å². The van der Waals surface area contributed by atoms with E-state index in [1.807, 2.05) is 54.7 Å². The van der Waals surface area contributed by atoms with Crippen LogP contribution in [0.3, 0.4) is 0 Å². The zero-order valence-electron chi connectivity index (χ0n) is 20.8. The number of aromatic nitrogens is 2. The number of benzene rings is 3. The molecule has 0 saturated heterocycles. The summed E-state index contributed by atoms with van der Waals surface area (Å²) in [6.45, 7) is 0.523. The molecule has 4 aromatic rings. The van der Waals surface area contributed by atoms with Crippen LogP contribution in [0, 0.1) is 11.3 Å². The first kappa shape index (κ1) is 25.1. The lowest BCUT2D eigenvalue weighted by Gasteiger charge is -2.09. The highest BCUT2D eigenvalue weighted by atomic mass is 16.5. The first-order valence-electron chi connectivity index (χ1n) is 11.5. The molecule has 186 valence electrons. The number of amides is 1. The number of methoxy groups -OCH3 is 3. The monoisotopic (exact) mass is 494 g/mol. The van der Waals surface area contributed by atoms with E-state index in [4.69, 9.17) is 19.3 Å². The number of hydrogen-bond donors (Lipinski definition) is 1. The molecule has 1 aromatic heterocycles. The van der Waals surface area contributed by atoms with Crippen molar-refractivity contribution in [3.63, 3.8) is 0 Å². The van der Waals surface area contributed by atoms with Crippen LogP contribution in [-0.4, -0.2) is 37.0 Å². The molecule has 8 nitrogen and oxygen atoms in total. The topological polar surface area (TPSA) is 98.4 Å². The molecule has 0 aliphatic rings. The van der Waals surface area contributed by atoms with Crippen LogP contribution in [0.25, 0.3) is 17.3 Å². The third-order valence-electron chi connectivity index (χ3n) is 5.65. The summed E-state index contributed by atoms with van der Waals surface area (Å²) < 4.78 is 17.8. The summed E-state index contributed by atoms with van der Waals surface area (Å²) >= 11 is 0. The van der Waals surface area contributed by atoms with Crippen molar-refractivity contribution in [2.75, 3.05) is 26.6 Å². The first-order valence-corrected chi connectivity index (χ1v) is 11.5. The van der Waals surface area contributed by atoms with Crippen LogP contribution in [0.1, 0.15) is 11.1 Å². The van der Waals surface area contributed by atoms with Crippen LogP contribution >= 0.6 is 0 Å². The molecule has 0 fully saturated rings. The molecule has 37 heavy (non-hydrogen) atoms. The number of nitriles is 1. The third-order valence-corrected chi connectivity index (χ3v) is 5.65. The lowest BCUT2D eigenvalue weighted by Crippen LogP contribution is -2.13. The normalized spacial score (nSPS) is 10.9. The smallest absolute Gasteiger partial charge is 0.266 e. The average molecular weight is 495 g/mol. The van der Waals surface area contributed by atoms with Crippen molar-refractivity contribution in [2.24, 2.45) is 0 Å². The van der Waals surface area contributed by atoms with Crippen molar-refractivity contribution in [3.05, 3.63) is 95.7 Å². The number of hydrogen-bond acceptors (Lipinski definition) is 6.